The first kappa shape index (κ1) is 23.2. The van der Waals surface area contributed by atoms with Crippen molar-refractivity contribution in [3.8, 4) is 11.6 Å². The van der Waals surface area contributed by atoms with Crippen LogP contribution in [-0.2, 0) is 4.74 Å². The molecule has 2 fully saturated rings. The molecule has 3 aromatic rings. The molecular weight excluding hydrogens is 442 g/mol. The standard InChI is InChI=1S/C27H31N5O3/c1-19-6-3-4-8-23(19)35-25-16-20(2)29-26(30-25)22-7-5-11-32(18-22)27(33)21-9-10-28-24(17-21)31-12-14-34-15-13-31/h3-4,6,8-10,16-17,22H,5,7,11-15,18H2,1-2H3/t22-/m0/s1. The molecule has 4 heterocycles. The second kappa shape index (κ2) is 10.4. The molecule has 0 saturated carbocycles. The Balaban J connectivity index is 1.31. The highest BCUT2D eigenvalue weighted by Crippen LogP contribution is 2.29. The van der Waals surface area contributed by atoms with E-state index < -0.39 is 0 Å². The lowest BCUT2D eigenvalue weighted by molar-refractivity contribution is 0.0704. The van der Waals surface area contributed by atoms with Crippen LogP contribution in [0.1, 0.15) is 46.2 Å². The van der Waals surface area contributed by atoms with E-state index in [4.69, 9.17) is 19.4 Å². The molecule has 2 saturated heterocycles. The number of carbonyl (C=O) groups excluding carboxylic acids is 1. The molecule has 35 heavy (non-hydrogen) atoms. The second-order valence-corrected chi connectivity index (χ2v) is 9.17. The molecule has 0 spiro atoms. The third-order valence-corrected chi connectivity index (χ3v) is 6.56. The van der Waals surface area contributed by atoms with Crippen LogP contribution < -0.4 is 9.64 Å². The van der Waals surface area contributed by atoms with E-state index in [-0.39, 0.29) is 11.8 Å². The largest absolute Gasteiger partial charge is 0.439 e. The molecule has 2 aliphatic rings. The number of aromatic nitrogens is 3. The van der Waals surface area contributed by atoms with Crippen molar-refractivity contribution in [3.05, 3.63) is 71.3 Å². The molecule has 8 heteroatoms. The van der Waals surface area contributed by atoms with Gasteiger partial charge in [0.25, 0.3) is 5.91 Å². The van der Waals surface area contributed by atoms with Crippen molar-refractivity contribution < 1.29 is 14.3 Å². The van der Waals surface area contributed by atoms with Crippen molar-refractivity contribution in [3.63, 3.8) is 0 Å². The Morgan fingerprint density at radius 2 is 1.89 bits per heavy atom. The summed E-state index contributed by atoms with van der Waals surface area (Å²) in [6, 6.07) is 13.4. The quantitative estimate of drug-likeness (QED) is 0.551. The highest BCUT2D eigenvalue weighted by Gasteiger charge is 2.28. The summed E-state index contributed by atoms with van der Waals surface area (Å²) in [6.45, 7) is 8.20. The minimum Gasteiger partial charge on any atom is -0.439 e. The Morgan fingerprint density at radius 1 is 1.06 bits per heavy atom. The van der Waals surface area contributed by atoms with E-state index in [0.29, 0.717) is 31.2 Å². The number of para-hydroxylation sites is 1. The van der Waals surface area contributed by atoms with Crippen molar-refractivity contribution in [2.45, 2.75) is 32.6 Å². The van der Waals surface area contributed by atoms with Gasteiger partial charge in [-0.3, -0.25) is 4.79 Å². The highest BCUT2D eigenvalue weighted by molar-refractivity contribution is 5.95. The lowest BCUT2D eigenvalue weighted by Gasteiger charge is -2.32. The van der Waals surface area contributed by atoms with E-state index >= 15 is 0 Å². The number of rotatable bonds is 5. The van der Waals surface area contributed by atoms with Gasteiger partial charge in [0.2, 0.25) is 5.88 Å². The predicted molar refractivity (Wildman–Crippen MR) is 133 cm³/mol. The summed E-state index contributed by atoms with van der Waals surface area (Å²) in [6.07, 6.45) is 3.56. The molecule has 5 rings (SSSR count). The number of piperidine rings is 1. The molecule has 0 N–H and O–H groups in total. The first-order valence-electron chi connectivity index (χ1n) is 12.2. The Hall–Kier alpha value is -3.52. The number of anilines is 1. The predicted octanol–water partition coefficient (Wildman–Crippen LogP) is 4.14. The maximum atomic E-state index is 13.4. The number of amides is 1. The lowest BCUT2D eigenvalue weighted by Crippen LogP contribution is -2.40. The Kier molecular flexibility index (Phi) is 6.90. The number of benzene rings is 1. The number of hydrogen-bond acceptors (Lipinski definition) is 7. The topological polar surface area (TPSA) is 80.7 Å². The van der Waals surface area contributed by atoms with E-state index in [1.807, 2.05) is 55.1 Å². The fourth-order valence-electron chi connectivity index (χ4n) is 4.65. The average Bonchev–Trinajstić information content (AvgIpc) is 2.90. The number of pyridine rings is 1. The summed E-state index contributed by atoms with van der Waals surface area (Å²) < 4.78 is 11.5. The first-order chi connectivity index (χ1) is 17.1. The Labute approximate surface area is 205 Å². The third-order valence-electron chi connectivity index (χ3n) is 6.56. The van der Waals surface area contributed by atoms with Crippen molar-refractivity contribution in [2.75, 3.05) is 44.3 Å². The fraction of sp³-hybridized carbons (Fsp3) is 0.407. The number of hydrogen-bond donors (Lipinski definition) is 0. The fourth-order valence-corrected chi connectivity index (χ4v) is 4.65. The van der Waals surface area contributed by atoms with Crippen LogP contribution in [0.15, 0.2) is 48.7 Å². The molecule has 0 radical (unpaired) electrons. The Bertz CT molecular complexity index is 1190. The molecule has 182 valence electrons. The van der Waals surface area contributed by atoms with Crippen molar-refractivity contribution in [1.82, 2.24) is 19.9 Å². The van der Waals surface area contributed by atoms with Crippen LogP contribution >= 0.6 is 0 Å². The second-order valence-electron chi connectivity index (χ2n) is 9.17. The van der Waals surface area contributed by atoms with Gasteiger partial charge >= 0.3 is 0 Å². The summed E-state index contributed by atoms with van der Waals surface area (Å²) in [4.78, 5) is 31.4. The molecule has 2 aromatic heterocycles. The summed E-state index contributed by atoms with van der Waals surface area (Å²) in [7, 11) is 0. The van der Waals surface area contributed by atoms with Crippen LogP contribution in [0.3, 0.4) is 0 Å². The lowest BCUT2D eigenvalue weighted by atomic mass is 9.96. The summed E-state index contributed by atoms with van der Waals surface area (Å²) in [5.74, 6) is 2.96. The average molecular weight is 474 g/mol. The van der Waals surface area contributed by atoms with Gasteiger partial charge in [0.15, 0.2) is 0 Å². The zero-order chi connectivity index (χ0) is 24.2. The molecule has 0 bridgehead atoms. The maximum absolute atomic E-state index is 13.4. The summed E-state index contributed by atoms with van der Waals surface area (Å²) >= 11 is 0. The number of carbonyl (C=O) groups is 1. The van der Waals surface area contributed by atoms with Crippen molar-refractivity contribution >= 4 is 11.7 Å². The molecule has 0 unspecified atom stereocenters. The molecule has 2 aliphatic heterocycles. The van der Waals surface area contributed by atoms with Gasteiger partial charge in [0.1, 0.15) is 17.4 Å². The summed E-state index contributed by atoms with van der Waals surface area (Å²) in [5.41, 5.74) is 2.57. The van der Waals surface area contributed by atoms with E-state index in [2.05, 4.69) is 9.88 Å². The molecule has 1 amide bonds. The van der Waals surface area contributed by atoms with Crippen LogP contribution in [0.4, 0.5) is 5.82 Å². The van der Waals surface area contributed by atoms with Crippen LogP contribution in [0, 0.1) is 13.8 Å². The van der Waals surface area contributed by atoms with Crippen LogP contribution in [0.25, 0.3) is 0 Å². The number of aryl methyl sites for hydroxylation is 2. The van der Waals surface area contributed by atoms with Gasteiger partial charge in [0.05, 0.1) is 13.2 Å². The maximum Gasteiger partial charge on any atom is 0.254 e. The Morgan fingerprint density at radius 3 is 2.71 bits per heavy atom. The SMILES string of the molecule is Cc1cc(Oc2ccccc2C)nc([C@H]2CCCN(C(=O)c3ccnc(N4CCOCC4)c3)C2)n1. The van der Waals surface area contributed by atoms with Gasteiger partial charge in [-0.1, -0.05) is 18.2 Å². The molecular formula is C27H31N5O3. The molecule has 8 nitrogen and oxygen atoms in total. The molecule has 0 aliphatic carbocycles. The van der Waals surface area contributed by atoms with Crippen LogP contribution in [0.5, 0.6) is 11.6 Å². The zero-order valence-electron chi connectivity index (χ0n) is 20.3. The normalized spacial score (nSPS) is 18.4. The number of likely N-dealkylation sites (tertiary alicyclic amines) is 1. The molecule has 1 aromatic carbocycles. The number of ether oxygens (including phenoxy) is 2. The first-order valence-corrected chi connectivity index (χ1v) is 12.2. The third kappa shape index (κ3) is 5.43. The smallest absolute Gasteiger partial charge is 0.254 e. The van der Waals surface area contributed by atoms with E-state index in [1.165, 1.54) is 0 Å². The number of morpholine rings is 1. The van der Waals surface area contributed by atoms with E-state index in [9.17, 15) is 4.79 Å². The molecule has 1 atom stereocenters. The van der Waals surface area contributed by atoms with E-state index in [0.717, 1.165) is 61.1 Å². The van der Waals surface area contributed by atoms with Crippen LogP contribution in [-0.4, -0.2) is 65.2 Å². The minimum absolute atomic E-state index is 0.0237. The van der Waals surface area contributed by atoms with Gasteiger partial charge in [-0.2, -0.15) is 4.98 Å². The van der Waals surface area contributed by atoms with Gasteiger partial charge in [-0.05, 0) is 50.5 Å². The van der Waals surface area contributed by atoms with E-state index in [1.54, 1.807) is 12.3 Å². The number of nitrogens with zero attached hydrogens (tertiary/aromatic N) is 5. The van der Waals surface area contributed by atoms with Crippen molar-refractivity contribution in [1.29, 1.82) is 0 Å². The van der Waals surface area contributed by atoms with Crippen molar-refractivity contribution in [2.24, 2.45) is 0 Å². The van der Waals surface area contributed by atoms with Gasteiger partial charge in [0, 0.05) is 55.6 Å². The highest BCUT2D eigenvalue weighted by atomic mass is 16.5. The van der Waals surface area contributed by atoms with Gasteiger partial charge < -0.3 is 19.3 Å². The monoisotopic (exact) mass is 473 g/mol. The van der Waals surface area contributed by atoms with Crippen LogP contribution in [0.2, 0.25) is 0 Å². The summed E-state index contributed by atoms with van der Waals surface area (Å²) in [5, 5.41) is 0. The minimum atomic E-state index is 0.0237. The van der Waals surface area contributed by atoms with Gasteiger partial charge in [-0.15, -0.1) is 0 Å². The van der Waals surface area contributed by atoms with Gasteiger partial charge in [-0.25, -0.2) is 9.97 Å². The zero-order valence-corrected chi connectivity index (χ0v) is 20.3.